The summed E-state index contributed by atoms with van der Waals surface area (Å²) in [5, 5.41) is 0. The molecule has 1 rings (SSSR count). The van der Waals surface area contributed by atoms with E-state index in [1.165, 1.54) is 25.7 Å². The largest absolute Gasteiger partial charge is 0.321 e. The fourth-order valence-corrected chi connectivity index (χ4v) is 2.27. The van der Waals surface area contributed by atoms with Crippen molar-refractivity contribution in [1.29, 1.82) is 0 Å². The van der Waals surface area contributed by atoms with Crippen molar-refractivity contribution < 1.29 is 4.79 Å². The van der Waals surface area contributed by atoms with Crippen molar-refractivity contribution in [3.63, 3.8) is 0 Å². The normalized spacial score (nSPS) is 21.1. The van der Waals surface area contributed by atoms with Crippen LogP contribution >= 0.6 is 0 Å². The highest BCUT2D eigenvalue weighted by Crippen LogP contribution is 2.29. The summed E-state index contributed by atoms with van der Waals surface area (Å²) in [7, 11) is 0. The number of nitrogens with two attached hydrogens (primary N) is 1. The summed E-state index contributed by atoms with van der Waals surface area (Å²) in [6.07, 6.45) is 6.08. The predicted molar refractivity (Wildman–Crippen MR) is 59.0 cm³/mol. The van der Waals surface area contributed by atoms with E-state index in [4.69, 9.17) is 5.73 Å². The number of carbonyl (C=O) groups excluding carboxylic acids is 1. The summed E-state index contributed by atoms with van der Waals surface area (Å²) in [6, 6.07) is -0.238. The Morgan fingerprint density at radius 3 is 2.29 bits per heavy atom. The number of hydrogen-bond acceptors (Lipinski definition) is 2. The maximum atomic E-state index is 11.8. The molecule has 0 radical (unpaired) electrons. The Labute approximate surface area is 87.2 Å². The maximum Gasteiger partial charge on any atom is 0.154 e. The van der Waals surface area contributed by atoms with Gasteiger partial charge in [0.2, 0.25) is 0 Å². The highest BCUT2D eigenvalue weighted by atomic mass is 16.1. The van der Waals surface area contributed by atoms with Crippen LogP contribution in [0.15, 0.2) is 0 Å². The van der Waals surface area contributed by atoms with Crippen LogP contribution in [0, 0.1) is 11.3 Å². The zero-order valence-corrected chi connectivity index (χ0v) is 9.68. The number of rotatable bonds is 3. The van der Waals surface area contributed by atoms with Gasteiger partial charge in [-0.15, -0.1) is 0 Å². The lowest BCUT2D eigenvalue weighted by Crippen LogP contribution is -2.39. The average molecular weight is 197 g/mol. The third-order valence-corrected chi connectivity index (χ3v) is 3.14. The molecule has 1 saturated carbocycles. The van der Waals surface area contributed by atoms with Crippen molar-refractivity contribution in [3.05, 3.63) is 0 Å². The van der Waals surface area contributed by atoms with E-state index in [2.05, 4.69) is 0 Å². The van der Waals surface area contributed by atoms with Gasteiger partial charge in [0.05, 0.1) is 6.04 Å². The topological polar surface area (TPSA) is 43.1 Å². The molecule has 2 nitrogen and oxygen atoms in total. The monoisotopic (exact) mass is 197 g/mol. The van der Waals surface area contributed by atoms with Gasteiger partial charge in [-0.25, -0.2) is 0 Å². The van der Waals surface area contributed by atoms with Crippen molar-refractivity contribution in [2.45, 2.75) is 58.9 Å². The first-order valence-electron chi connectivity index (χ1n) is 5.71. The van der Waals surface area contributed by atoms with E-state index < -0.39 is 0 Å². The third kappa shape index (κ3) is 3.09. The minimum absolute atomic E-state index is 0.212. The molecule has 1 aliphatic carbocycles. The molecule has 0 amide bonds. The first-order chi connectivity index (χ1) is 6.41. The second-order valence-electron chi connectivity index (χ2n) is 5.61. The molecule has 82 valence electrons. The highest BCUT2D eigenvalue weighted by molar-refractivity contribution is 5.88. The second-order valence-corrected chi connectivity index (χ2v) is 5.61. The van der Waals surface area contributed by atoms with E-state index in [0.29, 0.717) is 5.92 Å². The Morgan fingerprint density at radius 2 is 1.86 bits per heavy atom. The molecular weight excluding hydrogens is 174 g/mol. The van der Waals surface area contributed by atoms with Crippen molar-refractivity contribution >= 4 is 5.78 Å². The molecule has 0 aliphatic heterocycles. The van der Waals surface area contributed by atoms with Crippen LogP contribution in [0.25, 0.3) is 0 Å². The molecule has 0 unspecified atom stereocenters. The molecule has 0 spiro atoms. The minimum atomic E-state index is -0.280. The summed E-state index contributed by atoms with van der Waals surface area (Å²) in [6.45, 7) is 5.84. The van der Waals surface area contributed by atoms with Crippen LogP contribution in [-0.4, -0.2) is 11.8 Å². The summed E-state index contributed by atoms with van der Waals surface area (Å²) in [4.78, 5) is 11.8. The molecular formula is C12H23NO. The Bertz CT molecular complexity index is 199. The molecule has 1 aliphatic rings. The van der Waals surface area contributed by atoms with Crippen molar-refractivity contribution in [3.8, 4) is 0 Å². The second kappa shape index (κ2) is 4.43. The smallest absolute Gasteiger partial charge is 0.154 e. The summed E-state index contributed by atoms with van der Waals surface area (Å²) < 4.78 is 0. The lowest BCUT2D eigenvalue weighted by atomic mass is 9.83. The fourth-order valence-electron chi connectivity index (χ4n) is 2.27. The Morgan fingerprint density at radius 1 is 1.36 bits per heavy atom. The van der Waals surface area contributed by atoms with Gasteiger partial charge in [0.25, 0.3) is 0 Å². The molecule has 1 fully saturated rings. The zero-order chi connectivity index (χ0) is 10.8. The summed E-state index contributed by atoms with van der Waals surface area (Å²) >= 11 is 0. The van der Waals surface area contributed by atoms with Gasteiger partial charge in [-0.05, 0) is 12.3 Å². The van der Waals surface area contributed by atoms with E-state index in [1.54, 1.807) is 0 Å². The van der Waals surface area contributed by atoms with E-state index in [-0.39, 0.29) is 17.2 Å². The molecule has 0 heterocycles. The van der Waals surface area contributed by atoms with Gasteiger partial charge >= 0.3 is 0 Å². The van der Waals surface area contributed by atoms with Crippen LogP contribution in [0.5, 0.6) is 0 Å². The molecule has 2 heteroatoms. The average Bonchev–Trinajstić information content (AvgIpc) is 2.53. The molecule has 0 aromatic heterocycles. The highest BCUT2D eigenvalue weighted by Gasteiger charge is 2.29. The van der Waals surface area contributed by atoms with Crippen LogP contribution in [0.4, 0.5) is 0 Å². The van der Waals surface area contributed by atoms with Gasteiger partial charge in [0.15, 0.2) is 5.78 Å². The fraction of sp³-hybridized carbons (Fsp3) is 0.917. The molecule has 0 saturated heterocycles. The number of ketones is 1. The van der Waals surface area contributed by atoms with Gasteiger partial charge in [0.1, 0.15) is 0 Å². The Balaban J connectivity index is 2.41. The molecule has 14 heavy (non-hydrogen) atoms. The third-order valence-electron chi connectivity index (χ3n) is 3.14. The van der Waals surface area contributed by atoms with Crippen molar-refractivity contribution in [2.75, 3.05) is 0 Å². The van der Waals surface area contributed by atoms with Crippen LogP contribution < -0.4 is 5.73 Å². The minimum Gasteiger partial charge on any atom is -0.321 e. The summed E-state index contributed by atoms with van der Waals surface area (Å²) in [5.41, 5.74) is 5.65. The van der Waals surface area contributed by atoms with Gasteiger partial charge in [0, 0.05) is 5.41 Å². The maximum absolute atomic E-state index is 11.8. The Hall–Kier alpha value is -0.370. The molecule has 0 bridgehead atoms. The molecule has 2 N–H and O–H groups in total. The van der Waals surface area contributed by atoms with Gasteiger partial charge in [-0.2, -0.15) is 0 Å². The number of carbonyl (C=O) groups is 1. The van der Waals surface area contributed by atoms with Crippen molar-refractivity contribution in [2.24, 2.45) is 17.1 Å². The standard InChI is InChI=1S/C12H23NO/c1-12(2,3)11(14)10(13)8-9-6-4-5-7-9/h9-10H,4-8,13H2,1-3H3/t10-/m0/s1. The quantitative estimate of drug-likeness (QED) is 0.755. The van der Waals surface area contributed by atoms with Crippen LogP contribution in [0.1, 0.15) is 52.9 Å². The first-order valence-corrected chi connectivity index (χ1v) is 5.71. The number of hydrogen-bond donors (Lipinski definition) is 1. The van der Waals surface area contributed by atoms with Crippen LogP contribution in [-0.2, 0) is 4.79 Å². The van der Waals surface area contributed by atoms with Crippen LogP contribution in [0.2, 0.25) is 0 Å². The van der Waals surface area contributed by atoms with Crippen LogP contribution in [0.3, 0.4) is 0 Å². The lowest BCUT2D eigenvalue weighted by molar-refractivity contribution is -0.128. The first kappa shape index (κ1) is 11.7. The van der Waals surface area contributed by atoms with E-state index in [0.717, 1.165) is 6.42 Å². The SMILES string of the molecule is CC(C)(C)C(=O)[C@@H](N)CC1CCCC1. The van der Waals surface area contributed by atoms with Crippen molar-refractivity contribution in [1.82, 2.24) is 0 Å². The molecule has 1 atom stereocenters. The van der Waals surface area contributed by atoms with Gasteiger partial charge < -0.3 is 5.73 Å². The van der Waals surface area contributed by atoms with Gasteiger partial charge in [-0.3, -0.25) is 4.79 Å². The molecule has 0 aromatic rings. The summed E-state index contributed by atoms with van der Waals surface area (Å²) in [5.74, 6) is 0.917. The zero-order valence-electron chi connectivity index (χ0n) is 9.68. The van der Waals surface area contributed by atoms with Gasteiger partial charge in [-0.1, -0.05) is 46.5 Å². The number of Topliss-reactive ketones (excluding diaryl/α,β-unsaturated/α-hetero) is 1. The Kier molecular flexibility index (Phi) is 3.71. The predicted octanol–water partition coefficient (Wildman–Crippen LogP) is 2.51. The van der Waals surface area contributed by atoms with E-state index >= 15 is 0 Å². The molecule has 0 aromatic carbocycles. The van der Waals surface area contributed by atoms with E-state index in [9.17, 15) is 4.79 Å². The van der Waals surface area contributed by atoms with E-state index in [1.807, 2.05) is 20.8 Å². The lowest BCUT2D eigenvalue weighted by Gasteiger charge is -2.23.